The van der Waals surface area contributed by atoms with E-state index in [2.05, 4.69) is 10.2 Å². The maximum absolute atomic E-state index is 12.5. The molecule has 1 aliphatic rings. The summed E-state index contributed by atoms with van der Waals surface area (Å²) >= 11 is 0. The van der Waals surface area contributed by atoms with E-state index in [1.807, 2.05) is 48.5 Å². The standard InChI is InChI=1S/C22H28N2O3/c25-13-10-17-2-1-3-21(14-17)23-22(27)20-6-4-18(5-7-20)15-24-11-8-19(16-26)9-12-24/h1-7,14,19,25-26H,8-13,15-16H2,(H,23,27). The van der Waals surface area contributed by atoms with Crippen molar-refractivity contribution in [2.75, 3.05) is 31.6 Å². The summed E-state index contributed by atoms with van der Waals surface area (Å²) in [6, 6.07) is 15.3. The number of nitrogens with one attached hydrogen (secondary N) is 1. The molecule has 0 aromatic heterocycles. The number of anilines is 1. The van der Waals surface area contributed by atoms with Crippen molar-refractivity contribution < 1.29 is 15.0 Å². The van der Waals surface area contributed by atoms with Gasteiger partial charge in [-0.3, -0.25) is 9.69 Å². The Morgan fingerprint density at radius 1 is 1.04 bits per heavy atom. The molecular formula is C22H28N2O3. The number of rotatable bonds is 7. The average Bonchev–Trinajstić information content (AvgIpc) is 2.70. The van der Waals surface area contributed by atoms with Gasteiger partial charge in [0.15, 0.2) is 0 Å². The van der Waals surface area contributed by atoms with Crippen LogP contribution in [0, 0.1) is 5.92 Å². The minimum Gasteiger partial charge on any atom is -0.396 e. The highest BCUT2D eigenvalue weighted by molar-refractivity contribution is 6.04. The lowest BCUT2D eigenvalue weighted by Gasteiger charge is -2.31. The van der Waals surface area contributed by atoms with Crippen molar-refractivity contribution in [2.24, 2.45) is 5.92 Å². The number of benzene rings is 2. The molecule has 2 aromatic carbocycles. The molecule has 1 heterocycles. The van der Waals surface area contributed by atoms with Gasteiger partial charge in [0.25, 0.3) is 5.91 Å². The van der Waals surface area contributed by atoms with Crippen LogP contribution in [0.5, 0.6) is 0 Å². The molecule has 0 aliphatic carbocycles. The SMILES string of the molecule is O=C(Nc1cccc(CCO)c1)c1ccc(CN2CCC(CO)CC2)cc1. The Kier molecular flexibility index (Phi) is 6.98. The Morgan fingerprint density at radius 3 is 2.44 bits per heavy atom. The molecule has 1 aliphatic heterocycles. The Labute approximate surface area is 160 Å². The van der Waals surface area contributed by atoms with Crippen LogP contribution < -0.4 is 5.32 Å². The van der Waals surface area contributed by atoms with Crippen LogP contribution in [0.2, 0.25) is 0 Å². The van der Waals surface area contributed by atoms with Crippen LogP contribution >= 0.6 is 0 Å². The summed E-state index contributed by atoms with van der Waals surface area (Å²) in [5.41, 5.74) is 3.56. The van der Waals surface area contributed by atoms with Gasteiger partial charge in [0.2, 0.25) is 0 Å². The molecule has 5 nitrogen and oxygen atoms in total. The molecule has 1 amide bonds. The highest BCUT2D eigenvalue weighted by Crippen LogP contribution is 2.19. The highest BCUT2D eigenvalue weighted by atomic mass is 16.3. The summed E-state index contributed by atoms with van der Waals surface area (Å²) < 4.78 is 0. The lowest BCUT2D eigenvalue weighted by molar-refractivity contribution is 0.102. The van der Waals surface area contributed by atoms with Crippen LogP contribution in [0.15, 0.2) is 48.5 Å². The van der Waals surface area contributed by atoms with Gasteiger partial charge in [0.1, 0.15) is 0 Å². The molecule has 27 heavy (non-hydrogen) atoms. The van der Waals surface area contributed by atoms with Crippen LogP contribution in [0.4, 0.5) is 5.69 Å². The molecule has 0 spiro atoms. The van der Waals surface area contributed by atoms with Crippen molar-refractivity contribution in [3.63, 3.8) is 0 Å². The summed E-state index contributed by atoms with van der Waals surface area (Å²) in [5.74, 6) is 0.315. The molecule has 3 N–H and O–H groups in total. The zero-order valence-corrected chi connectivity index (χ0v) is 15.6. The topological polar surface area (TPSA) is 72.8 Å². The van der Waals surface area contributed by atoms with Crippen molar-refractivity contribution in [1.82, 2.24) is 4.90 Å². The zero-order chi connectivity index (χ0) is 19.1. The normalized spacial score (nSPS) is 15.6. The summed E-state index contributed by atoms with van der Waals surface area (Å²) in [4.78, 5) is 14.9. The first-order valence-electron chi connectivity index (χ1n) is 9.61. The van der Waals surface area contributed by atoms with E-state index in [-0.39, 0.29) is 12.5 Å². The third kappa shape index (κ3) is 5.63. The predicted molar refractivity (Wildman–Crippen MR) is 107 cm³/mol. The number of hydrogen-bond donors (Lipinski definition) is 3. The van der Waals surface area contributed by atoms with Gasteiger partial charge in [0.05, 0.1) is 0 Å². The molecule has 0 atom stereocenters. The van der Waals surface area contributed by atoms with Crippen molar-refractivity contribution in [3.05, 3.63) is 65.2 Å². The third-order valence-electron chi connectivity index (χ3n) is 5.17. The number of carbonyl (C=O) groups excluding carboxylic acids is 1. The number of carbonyl (C=O) groups is 1. The number of hydrogen-bond acceptors (Lipinski definition) is 4. The third-order valence-corrected chi connectivity index (χ3v) is 5.17. The van der Waals surface area contributed by atoms with Crippen LogP contribution in [-0.2, 0) is 13.0 Å². The van der Waals surface area contributed by atoms with Crippen molar-refractivity contribution >= 4 is 11.6 Å². The Morgan fingerprint density at radius 2 is 1.78 bits per heavy atom. The van der Waals surface area contributed by atoms with E-state index < -0.39 is 0 Å². The second kappa shape index (κ2) is 9.65. The minimum absolute atomic E-state index is 0.0938. The lowest BCUT2D eigenvalue weighted by Crippen LogP contribution is -2.34. The fourth-order valence-electron chi connectivity index (χ4n) is 3.48. The van der Waals surface area contributed by atoms with E-state index in [0.717, 1.165) is 43.7 Å². The molecule has 2 aromatic rings. The Balaban J connectivity index is 1.55. The highest BCUT2D eigenvalue weighted by Gasteiger charge is 2.18. The fourth-order valence-corrected chi connectivity index (χ4v) is 3.48. The molecular weight excluding hydrogens is 340 g/mol. The first kappa shape index (κ1) is 19.5. The van der Waals surface area contributed by atoms with Crippen LogP contribution in [-0.4, -0.2) is 47.3 Å². The number of amides is 1. The second-order valence-corrected chi connectivity index (χ2v) is 7.23. The largest absolute Gasteiger partial charge is 0.396 e. The zero-order valence-electron chi connectivity index (χ0n) is 15.6. The summed E-state index contributed by atoms with van der Waals surface area (Å²) in [5, 5.41) is 21.2. The Hall–Kier alpha value is -2.21. The maximum atomic E-state index is 12.5. The molecule has 5 heteroatoms. The molecule has 1 saturated heterocycles. The van der Waals surface area contributed by atoms with E-state index >= 15 is 0 Å². The smallest absolute Gasteiger partial charge is 0.255 e. The fraction of sp³-hybridized carbons (Fsp3) is 0.409. The average molecular weight is 368 g/mol. The van der Waals surface area contributed by atoms with E-state index in [1.54, 1.807) is 0 Å². The van der Waals surface area contributed by atoms with Gasteiger partial charge in [0, 0.05) is 31.0 Å². The van der Waals surface area contributed by atoms with Crippen molar-refractivity contribution in [1.29, 1.82) is 0 Å². The molecule has 0 saturated carbocycles. The molecule has 144 valence electrons. The minimum atomic E-state index is -0.133. The quantitative estimate of drug-likeness (QED) is 0.703. The Bertz CT molecular complexity index is 737. The molecule has 0 radical (unpaired) electrons. The first-order chi connectivity index (χ1) is 13.2. The van der Waals surface area contributed by atoms with Gasteiger partial charge in [-0.2, -0.15) is 0 Å². The number of nitrogens with zero attached hydrogens (tertiary/aromatic N) is 1. The predicted octanol–water partition coefficient (Wildman–Crippen LogP) is 2.68. The molecule has 3 rings (SSSR count). The number of aliphatic hydroxyl groups is 2. The first-order valence-corrected chi connectivity index (χ1v) is 9.61. The summed E-state index contributed by atoms with van der Waals surface area (Å²) in [7, 11) is 0. The van der Waals surface area contributed by atoms with Gasteiger partial charge in [-0.15, -0.1) is 0 Å². The number of piperidine rings is 1. The number of aliphatic hydroxyl groups excluding tert-OH is 2. The monoisotopic (exact) mass is 368 g/mol. The van der Waals surface area contributed by atoms with Crippen molar-refractivity contribution in [3.8, 4) is 0 Å². The summed E-state index contributed by atoms with van der Waals surface area (Å²) in [6.07, 6.45) is 2.67. The summed E-state index contributed by atoms with van der Waals surface area (Å²) in [6.45, 7) is 3.29. The van der Waals surface area contributed by atoms with Gasteiger partial charge in [-0.05, 0) is 73.7 Å². The number of likely N-dealkylation sites (tertiary alicyclic amines) is 1. The molecule has 0 unspecified atom stereocenters. The second-order valence-electron chi connectivity index (χ2n) is 7.23. The maximum Gasteiger partial charge on any atom is 0.255 e. The van der Waals surface area contributed by atoms with Gasteiger partial charge in [-0.25, -0.2) is 0 Å². The molecule has 0 bridgehead atoms. The van der Waals surface area contributed by atoms with Crippen LogP contribution in [0.1, 0.15) is 34.3 Å². The lowest BCUT2D eigenvalue weighted by atomic mass is 9.97. The van der Waals surface area contributed by atoms with Crippen molar-refractivity contribution in [2.45, 2.75) is 25.8 Å². The van der Waals surface area contributed by atoms with Crippen LogP contribution in [0.3, 0.4) is 0 Å². The van der Waals surface area contributed by atoms with E-state index in [1.165, 1.54) is 5.56 Å². The van der Waals surface area contributed by atoms with Gasteiger partial charge >= 0.3 is 0 Å². The van der Waals surface area contributed by atoms with Gasteiger partial charge in [-0.1, -0.05) is 24.3 Å². The van der Waals surface area contributed by atoms with E-state index in [9.17, 15) is 9.90 Å². The van der Waals surface area contributed by atoms with E-state index in [4.69, 9.17) is 5.11 Å². The van der Waals surface area contributed by atoms with Gasteiger partial charge < -0.3 is 15.5 Å². The molecule has 1 fully saturated rings. The van der Waals surface area contributed by atoms with Crippen LogP contribution in [0.25, 0.3) is 0 Å². The van der Waals surface area contributed by atoms with E-state index in [0.29, 0.717) is 24.5 Å².